The highest BCUT2D eigenvalue weighted by molar-refractivity contribution is 7.46. The maximum atomic E-state index is 12.2. The van der Waals surface area contributed by atoms with Crippen molar-refractivity contribution in [2.75, 3.05) is 13.7 Å². The van der Waals surface area contributed by atoms with Crippen LogP contribution in [0.3, 0.4) is 0 Å². The Hall–Kier alpha value is -1.73. The van der Waals surface area contributed by atoms with Crippen LogP contribution in [0.15, 0.2) is 24.3 Å². The second-order valence-corrected chi connectivity index (χ2v) is 7.43. The van der Waals surface area contributed by atoms with E-state index in [1.807, 2.05) is 0 Å². The highest BCUT2D eigenvalue weighted by Crippen LogP contribution is 2.37. The molecule has 152 valence electrons. The fraction of sp³-hybridized carbons (Fsp3) is 0.556. The highest BCUT2D eigenvalue weighted by Gasteiger charge is 2.22. The number of nitrogens with one attached hydrogen (secondary N) is 1. The van der Waals surface area contributed by atoms with Crippen LogP contribution in [-0.4, -0.2) is 35.4 Å². The third-order valence-corrected chi connectivity index (χ3v) is 4.45. The standard InChI is InChI=1S/C18H28NO7P/c1-3-4-5-6-7-11-17(20)19-16(13-26-27(22,23)24)14-9-8-10-15(12-14)18(21)25-2/h8-10,12,16H,3-7,11,13H2,1-2H3,(H,19,20)(H2,22,23,24). The number of benzene rings is 1. The number of hydrogen-bond acceptors (Lipinski definition) is 5. The molecule has 1 aromatic rings. The second kappa shape index (κ2) is 11.9. The van der Waals surface area contributed by atoms with Gasteiger partial charge in [-0.2, -0.15) is 0 Å². The zero-order valence-electron chi connectivity index (χ0n) is 15.7. The molecule has 27 heavy (non-hydrogen) atoms. The SMILES string of the molecule is CCCCCCCC(=O)NC(COP(=O)(O)O)c1cccc(C(=O)OC)c1. The van der Waals surface area contributed by atoms with Crippen molar-refractivity contribution in [2.45, 2.75) is 51.5 Å². The van der Waals surface area contributed by atoms with Gasteiger partial charge in [-0.3, -0.25) is 9.32 Å². The lowest BCUT2D eigenvalue weighted by Crippen LogP contribution is -2.31. The first-order chi connectivity index (χ1) is 12.8. The Morgan fingerprint density at radius 3 is 2.52 bits per heavy atom. The lowest BCUT2D eigenvalue weighted by atomic mass is 10.0. The van der Waals surface area contributed by atoms with E-state index in [-0.39, 0.29) is 11.5 Å². The maximum absolute atomic E-state index is 12.2. The summed E-state index contributed by atoms with van der Waals surface area (Å²) in [5, 5.41) is 2.72. The largest absolute Gasteiger partial charge is 0.469 e. The molecular weight excluding hydrogens is 373 g/mol. The topological polar surface area (TPSA) is 122 Å². The number of rotatable bonds is 12. The van der Waals surface area contributed by atoms with Gasteiger partial charge in [-0.05, 0) is 24.1 Å². The second-order valence-electron chi connectivity index (χ2n) is 6.19. The van der Waals surface area contributed by atoms with Crippen molar-refractivity contribution in [3.8, 4) is 0 Å². The Labute approximate surface area is 159 Å². The number of unbranched alkanes of at least 4 members (excludes halogenated alkanes) is 4. The number of carbonyl (C=O) groups is 2. The number of esters is 1. The van der Waals surface area contributed by atoms with Crippen LogP contribution in [0.1, 0.15) is 67.4 Å². The summed E-state index contributed by atoms with van der Waals surface area (Å²) >= 11 is 0. The molecule has 0 spiro atoms. The van der Waals surface area contributed by atoms with Gasteiger partial charge in [0.15, 0.2) is 0 Å². The molecule has 1 unspecified atom stereocenters. The van der Waals surface area contributed by atoms with Gasteiger partial charge in [0.25, 0.3) is 0 Å². The summed E-state index contributed by atoms with van der Waals surface area (Å²) in [5.41, 5.74) is 0.760. The summed E-state index contributed by atoms with van der Waals surface area (Å²) in [5.74, 6) is -0.789. The van der Waals surface area contributed by atoms with Crippen LogP contribution < -0.4 is 5.32 Å². The van der Waals surface area contributed by atoms with E-state index < -0.39 is 26.4 Å². The lowest BCUT2D eigenvalue weighted by molar-refractivity contribution is -0.122. The molecule has 0 fully saturated rings. The number of carbonyl (C=O) groups excluding carboxylic acids is 2. The van der Waals surface area contributed by atoms with Crippen LogP contribution in [0.25, 0.3) is 0 Å². The average molecular weight is 401 g/mol. The van der Waals surface area contributed by atoms with Crippen molar-refractivity contribution < 1.29 is 33.2 Å². The lowest BCUT2D eigenvalue weighted by Gasteiger charge is -2.20. The van der Waals surface area contributed by atoms with Gasteiger partial charge < -0.3 is 19.8 Å². The van der Waals surface area contributed by atoms with Crippen molar-refractivity contribution in [1.82, 2.24) is 5.32 Å². The molecule has 8 nitrogen and oxygen atoms in total. The van der Waals surface area contributed by atoms with E-state index in [1.54, 1.807) is 18.2 Å². The number of methoxy groups -OCH3 is 1. The molecule has 0 bridgehead atoms. The van der Waals surface area contributed by atoms with Gasteiger partial charge in [-0.15, -0.1) is 0 Å². The van der Waals surface area contributed by atoms with E-state index >= 15 is 0 Å². The Morgan fingerprint density at radius 2 is 1.89 bits per heavy atom. The maximum Gasteiger partial charge on any atom is 0.469 e. The van der Waals surface area contributed by atoms with Gasteiger partial charge in [0, 0.05) is 6.42 Å². The van der Waals surface area contributed by atoms with E-state index in [9.17, 15) is 14.2 Å². The van der Waals surface area contributed by atoms with E-state index in [0.29, 0.717) is 12.0 Å². The first-order valence-corrected chi connectivity index (χ1v) is 10.5. The summed E-state index contributed by atoms with van der Waals surface area (Å²) in [7, 11) is -3.44. The Kier molecular flexibility index (Phi) is 10.3. The first-order valence-electron chi connectivity index (χ1n) is 8.94. The van der Waals surface area contributed by atoms with Crippen molar-refractivity contribution in [3.05, 3.63) is 35.4 Å². The molecule has 1 rings (SSSR count). The molecule has 0 aliphatic carbocycles. The summed E-state index contributed by atoms with van der Waals surface area (Å²) in [6.07, 6.45) is 5.30. The molecule has 1 atom stereocenters. The van der Waals surface area contributed by atoms with Crippen molar-refractivity contribution in [2.24, 2.45) is 0 Å². The Balaban J connectivity index is 2.79. The highest BCUT2D eigenvalue weighted by atomic mass is 31.2. The van der Waals surface area contributed by atoms with Gasteiger partial charge in [0.2, 0.25) is 5.91 Å². The quantitative estimate of drug-likeness (QED) is 0.279. The molecule has 0 aliphatic rings. The van der Waals surface area contributed by atoms with E-state index in [2.05, 4.69) is 21.5 Å². The van der Waals surface area contributed by atoms with Crippen molar-refractivity contribution >= 4 is 19.7 Å². The van der Waals surface area contributed by atoms with E-state index in [0.717, 1.165) is 32.1 Å². The van der Waals surface area contributed by atoms with Gasteiger partial charge in [-0.25, -0.2) is 9.36 Å². The van der Waals surface area contributed by atoms with Gasteiger partial charge in [-0.1, -0.05) is 44.7 Å². The average Bonchev–Trinajstić information content (AvgIpc) is 2.63. The third kappa shape index (κ3) is 9.68. The van der Waals surface area contributed by atoms with E-state index in [1.165, 1.54) is 13.2 Å². The fourth-order valence-electron chi connectivity index (χ4n) is 2.55. The summed E-state index contributed by atoms with van der Waals surface area (Å²) in [6.45, 7) is 1.69. The van der Waals surface area contributed by atoms with Gasteiger partial charge in [0.05, 0.1) is 25.3 Å². The smallest absolute Gasteiger partial charge is 0.465 e. The van der Waals surface area contributed by atoms with Crippen LogP contribution in [-0.2, 0) is 18.6 Å². The normalized spacial score (nSPS) is 12.4. The van der Waals surface area contributed by atoms with Crippen LogP contribution in [0.4, 0.5) is 0 Å². The fourth-order valence-corrected chi connectivity index (χ4v) is 2.89. The molecule has 0 aromatic heterocycles. The van der Waals surface area contributed by atoms with Gasteiger partial charge in [0.1, 0.15) is 0 Å². The van der Waals surface area contributed by atoms with Crippen molar-refractivity contribution in [3.63, 3.8) is 0 Å². The summed E-state index contributed by atoms with van der Waals surface area (Å²) in [4.78, 5) is 41.8. The van der Waals surface area contributed by atoms with Crippen LogP contribution in [0.2, 0.25) is 0 Å². The summed E-state index contributed by atoms with van der Waals surface area (Å²) < 4.78 is 20.3. The Morgan fingerprint density at radius 1 is 1.19 bits per heavy atom. The predicted octanol–water partition coefficient (Wildman–Crippen LogP) is 3.10. The van der Waals surface area contributed by atoms with Gasteiger partial charge >= 0.3 is 13.8 Å². The molecule has 3 N–H and O–H groups in total. The molecule has 1 aromatic carbocycles. The monoisotopic (exact) mass is 401 g/mol. The van der Waals surface area contributed by atoms with E-state index in [4.69, 9.17) is 9.79 Å². The molecule has 9 heteroatoms. The number of phosphoric ester groups is 1. The zero-order chi connectivity index (χ0) is 20.3. The third-order valence-electron chi connectivity index (χ3n) is 3.96. The number of ether oxygens (including phenoxy) is 1. The molecule has 0 heterocycles. The van der Waals surface area contributed by atoms with Crippen LogP contribution >= 0.6 is 7.82 Å². The minimum Gasteiger partial charge on any atom is -0.465 e. The molecule has 0 aliphatic heterocycles. The first kappa shape index (κ1) is 23.3. The van der Waals surface area contributed by atoms with Crippen LogP contribution in [0, 0.1) is 0 Å². The molecule has 0 radical (unpaired) electrons. The number of amides is 1. The predicted molar refractivity (Wildman–Crippen MR) is 100 cm³/mol. The molecule has 1 amide bonds. The molecule has 0 saturated heterocycles. The zero-order valence-corrected chi connectivity index (χ0v) is 16.6. The number of phosphoric acid groups is 1. The van der Waals surface area contributed by atoms with Crippen molar-refractivity contribution in [1.29, 1.82) is 0 Å². The Bertz CT molecular complexity index is 659. The minimum atomic E-state index is -4.70. The molecular formula is C18H28NO7P. The van der Waals surface area contributed by atoms with Crippen LogP contribution in [0.5, 0.6) is 0 Å². The molecule has 0 saturated carbocycles. The minimum absolute atomic E-state index is 0.241. The number of hydrogen-bond donors (Lipinski definition) is 3. The summed E-state index contributed by atoms with van der Waals surface area (Å²) in [6, 6.07) is 5.49.